The molecular formula is C14H20N6O. The van der Waals surface area contributed by atoms with E-state index in [4.69, 9.17) is 16.2 Å². The molecule has 1 aromatic heterocycles. The van der Waals surface area contributed by atoms with E-state index in [0.29, 0.717) is 23.8 Å². The molecule has 1 atom stereocenters. The maximum atomic E-state index is 5.86. The van der Waals surface area contributed by atoms with Crippen LogP contribution in [0.4, 0.5) is 11.4 Å². The van der Waals surface area contributed by atoms with Crippen molar-refractivity contribution in [2.75, 3.05) is 18.1 Å². The third-order valence-corrected chi connectivity index (χ3v) is 3.75. The fraction of sp³-hybridized carbons (Fsp3) is 0.500. The number of anilines is 2. The highest BCUT2D eigenvalue weighted by molar-refractivity contribution is 5.67. The first-order chi connectivity index (χ1) is 9.94. The van der Waals surface area contributed by atoms with Gasteiger partial charge in [-0.2, -0.15) is 0 Å². The number of nitrogens with two attached hydrogens (primary N) is 2. The lowest BCUT2D eigenvalue weighted by molar-refractivity contribution is -0.0707. The SMILES string of the molecule is CC1(C)CC(n2nnnc2-c2cc(N)cc(N)c2)CCO1. The van der Waals surface area contributed by atoms with Crippen molar-refractivity contribution < 1.29 is 4.74 Å². The van der Waals surface area contributed by atoms with Gasteiger partial charge in [-0.3, -0.25) is 0 Å². The van der Waals surface area contributed by atoms with Crippen LogP contribution in [0, 0.1) is 0 Å². The van der Waals surface area contributed by atoms with Crippen molar-refractivity contribution in [3.8, 4) is 11.4 Å². The number of rotatable bonds is 2. The Morgan fingerprint density at radius 3 is 2.62 bits per heavy atom. The maximum Gasteiger partial charge on any atom is 0.182 e. The van der Waals surface area contributed by atoms with Crippen LogP contribution in [-0.2, 0) is 4.74 Å². The Morgan fingerprint density at radius 1 is 1.24 bits per heavy atom. The summed E-state index contributed by atoms with van der Waals surface area (Å²) in [6.45, 7) is 4.87. The molecule has 112 valence electrons. The average Bonchev–Trinajstić information content (AvgIpc) is 2.85. The van der Waals surface area contributed by atoms with E-state index in [-0.39, 0.29) is 11.6 Å². The second-order valence-electron chi connectivity index (χ2n) is 6.09. The molecule has 1 aromatic carbocycles. The van der Waals surface area contributed by atoms with Gasteiger partial charge in [-0.25, -0.2) is 4.68 Å². The molecule has 21 heavy (non-hydrogen) atoms. The predicted molar refractivity (Wildman–Crippen MR) is 80.4 cm³/mol. The van der Waals surface area contributed by atoms with Gasteiger partial charge in [0.05, 0.1) is 11.6 Å². The summed E-state index contributed by atoms with van der Waals surface area (Å²) in [7, 11) is 0. The van der Waals surface area contributed by atoms with Crippen LogP contribution < -0.4 is 11.5 Å². The number of hydrogen-bond donors (Lipinski definition) is 2. The molecule has 7 nitrogen and oxygen atoms in total. The molecule has 1 saturated heterocycles. The summed E-state index contributed by atoms with van der Waals surface area (Å²) >= 11 is 0. The monoisotopic (exact) mass is 288 g/mol. The normalized spacial score (nSPS) is 21.3. The Hall–Kier alpha value is -2.15. The molecule has 4 N–H and O–H groups in total. The molecule has 1 unspecified atom stereocenters. The molecule has 7 heteroatoms. The van der Waals surface area contributed by atoms with Gasteiger partial charge in [-0.1, -0.05) is 0 Å². The van der Waals surface area contributed by atoms with E-state index < -0.39 is 0 Å². The molecule has 1 aliphatic heterocycles. The lowest BCUT2D eigenvalue weighted by Gasteiger charge is -2.35. The zero-order valence-electron chi connectivity index (χ0n) is 12.3. The van der Waals surface area contributed by atoms with Crippen LogP contribution in [0.25, 0.3) is 11.4 Å². The van der Waals surface area contributed by atoms with Gasteiger partial charge in [0.2, 0.25) is 0 Å². The van der Waals surface area contributed by atoms with Crippen LogP contribution >= 0.6 is 0 Å². The summed E-state index contributed by atoms with van der Waals surface area (Å²) in [5, 5.41) is 12.1. The minimum atomic E-state index is -0.166. The molecule has 1 aliphatic rings. The smallest absolute Gasteiger partial charge is 0.182 e. The summed E-state index contributed by atoms with van der Waals surface area (Å²) in [6.07, 6.45) is 1.75. The fourth-order valence-electron chi connectivity index (χ4n) is 2.84. The topological polar surface area (TPSA) is 105 Å². The third kappa shape index (κ3) is 2.82. The molecule has 0 amide bonds. The van der Waals surface area contributed by atoms with Gasteiger partial charge in [0, 0.05) is 23.5 Å². The van der Waals surface area contributed by atoms with Crippen LogP contribution in [0.5, 0.6) is 0 Å². The Morgan fingerprint density at radius 2 is 1.95 bits per heavy atom. The zero-order chi connectivity index (χ0) is 15.0. The van der Waals surface area contributed by atoms with Crippen molar-refractivity contribution in [2.24, 2.45) is 0 Å². The van der Waals surface area contributed by atoms with E-state index in [2.05, 4.69) is 29.4 Å². The van der Waals surface area contributed by atoms with Crippen LogP contribution in [0.1, 0.15) is 32.7 Å². The van der Waals surface area contributed by atoms with E-state index in [1.54, 1.807) is 6.07 Å². The first-order valence-corrected chi connectivity index (χ1v) is 7.03. The standard InChI is InChI=1S/C14H20N6O/c1-14(2)8-12(3-4-21-14)20-13(17-18-19-20)9-5-10(15)7-11(16)6-9/h5-7,12H,3-4,8,15-16H2,1-2H3. The molecule has 0 spiro atoms. The summed E-state index contributed by atoms with van der Waals surface area (Å²) < 4.78 is 7.62. The molecule has 3 rings (SSSR count). The number of nitrogen functional groups attached to an aromatic ring is 2. The number of ether oxygens (including phenoxy) is 1. The molecule has 1 fully saturated rings. The van der Waals surface area contributed by atoms with E-state index in [1.807, 2.05) is 16.8 Å². The summed E-state index contributed by atoms with van der Waals surface area (Å²) in [4.78, 5) is 0. The molecule has 2 heterocycles. The Bertz CT molecular complexity index is 630. The lowest BCUT2D eigenvalue weighted by Crippen LogP contribution is -2.35. The minimum absolute atomic E-state index is 0.166. The first kappa shape index (κ1) is 13.8. The number of nitrogens with zero attached hydrogens (tertiary/aromatic N) is 4. The van der Waals surface area contributed by atoms with Gasteiger partial charge >= 0.3 is 0 Å². The molecule has 2 aromatic rings. The highest BCUT2D eigenvalue weighted by Crippen LogP contribution is 2.34. The summed E-state index contributed by atoms with van der Waals surface area (Å²) in [5.74, 6) is 0.691. The summed E-state index contributed by atoms with van der Waals surface area (Å²) in [6, 6.07) is 5.60. The van der Waals surface area contributed by atoms with Gasteiger partial charge in [0.1, 0.15) is 0 Å². The molecular weight excluding hydrogens is 268 g/mol. The van der Waals surface area contributed by atoms with Gasteiger partial charge in [-0.15, -0.1) is 5.10 Å². The van der Waals surface area contributed by atoms with Gasteiger partial charge < -0.3 is 16.2 Å². The Balaban J connectivity index is 1.97. The quantitative estimate of drug-likeness (QED) is 0.814. The Kier molecular flexibility index (Phi) is 3.29. The van der Waals surface area contributed by atoms with E-state index >= 15 is 0 Å². The van der Waals surface area contributed by atoms with E-state index in [1.165, 1.54) is 0 Å². The molecule has 0 radical (unpaired) electrons. The van der Waals surface area contributed by atoms with E-state index in [0.717, 1.165) is 18.4 Å². The third-order valence-electron chi connectivity index (χ3n) is 3.75. The average molecular weight is 288 g/mol. The van der Waals surface area contributed by atoms with Gasteiger partial charge in [-0.05, 0) is 55.3 Å². The molecule has 0 saturated carbocycles. The maximum absolute atomic E-state index is 5.86. The molecule has 0 bridgehead atoms. The predicted octanol–water partition coefficient (Wildman–Crippen LogP) is 1.63. The number of benzene rings is 1. The zero-order valence-corrected chi connectivity index (χ0v) is 12.3. The van der Waals surface area contributed by atoms with Crippen molar-refractivity contribution in [3.63, 3.8) is 0 Å². The van der Waals surface area contributed by atoms with Crippen molar-refractivity contribution >= 4 is 11.4 Å². The number of tetrazole rings is 1. The fourth-order valence-corrected chi connectivity index (χ4v) is 2.84. The van der Waals surface area contributed by atoms with Gasteiger partial charge in [0.25, 0.3) is 0 Å². The summed E-state index contributed by atoms with van der Waals surface area (Å²) in [5.41, 5.74) is 13.6. The lowest BCUT2D eigenvalue weighted by atomic mass is 9.94. The highest BCUT2D eigenvalue weighted by atomic mass is 16.5. The van der Waals surface area contributed by atoms with Crippen LogP contribution in [0.15, 0.2) is 18.2 Å². The first-order valence-electron chi connectivity index (χ1n) is 7.03. The number of aromatic nitrogens is 4. The van der Waals surface area contributed by atoms with Crippen molar-refractivity contribution in [3.05, 3.63) is 18.2 Å². The van der Waals surface area contributed by atoms with Crippen LogP contribution in [0.2, 0.25) is 0 Å². The second-order valence-corrected chi connectivity index (χ2v) is 6.09. The number of hydrogen-bond acceptors (Lipinski definition) is 6. The van der Waals surface area contributed by atoms with E-state index in [9.17, 15) is 0 Å². The van der Waals surface area contributed by atoms with Crippen molar-refractivity contribution in [2.45, 2.75) is 38.3 Å². The minimum Gasteiger partial charge on any atom is -0.399 e. The molecule has 0 aliphatic carbocycles. The van der Waals surface area contributed by atoms with Crippen molar-refractivity contribution in [1.82, 2.24) is 20.2 Å². The van der Waals surface area contributed by atoms with Crippen LogP contribution in [0.3, 0.4) is 0 Å². The highest BCUT2D eigenvalue weighted by Gasteiger charge is 2.32. The van der Waals surface area contributed by atoms with Crippen LogP contribution in [-0.4, -0.2) is 32.4 Å². The van der Waals surface area contributed by atoms with Gasteiger partial charge in [0.15, 0.2) is 5.82 Å². The van der Waals surface area contributed by atoms with Crippen molar-refractivity contribution in [1.29, 1.82) is 0 Å². The second kappa shape index (κ2) is 5.00. The largest absolute Gasteiger partial charge is 0.399 e. The Labute approximate surface area is 123 Å².